The van der Waals surface area contributed by atoms with E-state index in [1.165, 1.54) is 52.8 Å². The van der Waals surface area contributed by atoms with E-state index in [-0.39, 0.29) is 15.4 Å². The fourth-order valence-corrected chi connectivity index (χ4v) is 6.94. The Morgan fingerprint density at radius 3 is 2.25 bits per heavy atom. The highest BCUT2D eigenvalue weighted by atomic mass is 32.2. The molecule has 0 aromatic heterocycles. The number of nitrogens with zero attached hydrogens (tertiary/aromatic N) is 2. The zero-order valence-electron chi connectivity index (χ0n) is 22.5. The van der Waals surface area contributed by atoms with Crippen LogP contribution < -0.4 is 19.7 Å². The van der Waals surface area contributed by atoms with E-state index in [0.29, 0.717) is 44.8 Å². The largest absolute Gasteiger partial charge is 0.495 e. The molecule has 0 spiro atoms. The molecule has 3 aromatic rings. The maximum absolute atomic E-state index is 13.3. The molecule has 0 atom stereocenters. The van der Waals surface area contributed by atoms with Crippen molar-refractivity contribution in [3.05, 3.63) is 78.4 Å². The van der Waals surface area contributed by atoms with Crippen molar-refractivity contribution in [3.8, 4) is 5.75 Å². The van der Waals surface area contributed by atoms with Gasteiger partial charge >= 0.3 is 0 Å². The summed E-state index contributed by atoms with van der Waals surface area (Å²) in [5, 5.41) is 2.70. The molecule has 1 heterocycles. The minimum atomic E-state index is -3.73. The molecule has 40 heavy (non-hydrogen) atoms. The van der Waals surface area contributed by atoms with E-state index in [1.807, 2.05) is 31.2 Å². The monoisotopic (exact) mass is 586 g/mol. The van der Waals surface area contributed by atoms with Gasteiger partial charge in [0.25, 0.3) is 5.91 Å². The van der Waals surface area contributed by atoms with E-state index in [2.05, 4.69) is 14.9 Å². The number of para-hydroxylation sites is 2. The Labute approximate surface area is 236 Å². The second-order valence-electron chi connectivity index (χ2n) is 9.32. The average molecular weight is 587 g/mol. The number of rotatable bonds is 11. The van der Waals surface area contributed by atoms with E-state index >= 15 is 0 Å². The number of benzene rings is 3. The van der Waals surface area contributed by atoms with Crippen LogP contribution in [0, 0.1) is 0 Å². The number of methoxy groups -OCH3 is 1. The van der Waals surface area contributed by atoms with Crippen LogP contribution in [-0.2, 0) is 20.0 Å². The number of amides is 1. The third-order valence-electron chi connectivity index (χ3n) is 6.64. The molecule has 12 heteroatoms. The fourth-order valence-electron chi connectivity index (χ4n) is 4.39. The molecule has 0 aliphatic carbocycles. The number of carbonyl (C=O) groups excluding carboxylic acids is 1. The number of anilines is 2. The van der Waals surface area contributed by atoms with E-state index in [9.17, 15) is 21.6 Å². The molecule has 0 unspecified atom stereocenters. The normalized spacial score (nSPS) is 14.6. The second-order valence-corrected chi connectivity index (χ2v) is 13.0. The molecule has 1 fully saturated rings. The first-order valence-electron chi connectivity index (χ1n) is 13.0. The number of hydrogen-bond acceptors (Lipinski definition) is 7. The van der Waals surface area contributed by atoms with Gasteiger partial charge in [0.2, 0.25) is 20.0 Å². The topological polar surface area (TPSA) is 125 Å². The lowest BCUT2D eigenvalue weighted by molar-refractivity contribution is 0.102. The number of ether oxygens (including phenoxy) is 1. The van der Waals surface area contributed by atoms with Crippen molar-refractivity contribution in [2.24, 2.45) is 0 Å². The molecule has 10 nitrogen and oxygen atoms in total. The highest BCUT2D eigenvalue weighted by molar-refractivity contribution is 7.89. The maximum Gasteiger partial charge on any atom is 0.255 e. The highest BCUT2D eigenvalue weighted by Crippen LogP contribution is 2.29. The Balaban J connectivity index is 1.39. The van der Waals surface area contributed by atoms with Gasteiger partial charge in [0.15, 0.2) is 0 Å². The fraction of sp³-hybridized carbons (Fsp3) is 0.321. The van der Waals surface area contributed by atoms with Crippen molar-refractivity contribution in [1.82, 2.24) is 9.03 Å². The van der Waals surface area contributed by atoms with Gasteiger partial charge in [-0.05, 0) is 61.0 Å². The van der Waals surface area contributed by atoms with Crippen LogP contribution in [0.1, 0.15) is 30.1 Å². The Bertz CT molecular complexity index is 1530. The third kappa shape index (κ3) is 6.81. The average Bonchev–Trinajstić information content (AvgIpc) is 2.97. The minimum absolute atomic E-state index is 0.00324. The predicted octanol–water partition coefficient (Wildman–Crippen LogP) is 3.54. The summed E-state index contributed by atoms with van der Waals surface area (Å²) in [7, 11) is -5.84. The van der Waals surface area contributed by atoms with E-state index in [1.54, 1.807) is 7.11 Å². The summed E-state index contributed by atoms with van der Waals surface area (Å²) < 4.78 is 61.0. The molecule has 4 rings (SSSR count). The van der Waals surface area contributed by atoms with Crippen LogP contribution in [0.3, 0.4) is 0 Å². The summed E-state index contributed by atoms with van der Waals surface area (Å²) in [6.07, 6.45) is 1.57. The van der Waals surface area contributed by atoms with Gasteiger partial charge in [-0.1, -0.05) is 31.5 Å². The van der Waals surface area contributed by atoms with Gasteiger partial charge in [0.1, 0.15) is 5.75 Å². The first-order chi connectivity index (χ1) is 19.2. The molecule has 0 bridgehead atoms. The van der Waals surface area contributed by atoms with Gasteiger partial charge < -0.3 is 15.0 Å². The first kappa shape index (κ1) is 29.5. The van der Waals surface area contributed by atoms with Crippen LogP contribution in [0.4, 0.5) is 11.4 Å². The van der Waals surface area contributed by atoms with Gasteiger partial charge in [-0.25, -0.2) is 21.6 Å². The highest BCUT2D eigenvalue weighted by Gasteiger charge is 2.29. The van der Waals surface area contributed by atoms with E-state index in [4.69, 9.17) is 4.74 Å². The lowest BCUT2D eigenvalue weighted by atomic mass is 10.2. The molecular formula is C28H34N4O6S2. The molecule has 0 saturated carbocycles. The smallest absolute Gasteiger partial charge is 0.255 e. The molecular weight excluding hydrogens is 552 g/mol. The van der Waals surface area contributed by atoms with Gasteiger partial charge in [0, 0.05) is 44.0 Å². The Morgan fingerprint density at radius 2 is 1.57 bits per heavy atom. The van der Waals surface area contributed by atoms with Crippen LogP contribution >= 0.6 is 0 Å². The number of nitrogens with one attached hydrogen (secondary N) is 2. The predicted molar refractivity (Wildman–Crippen MR) is 155 cm³/mol. The Morgan fingerprint density at radius 1 is 0.875 bits per heavy atom. The maximum atomic E-state index is 13.3. The molecule has 0 radical (unpaired) electrons. The quantitative estimate of drug-likeness (QED) is 0.329. The zero-order valence-corrected chi connectivity index (χ0v) is 24.2. The van der Waals surface area contributed by atoms with Gasteiger partial charge in [-0.3, -0.25) is 4.79 Å². The lowest BCUT2D eigenvalue weighted by Gasteiger charge is -2.35. The summed E-state index contributed by atoms with van der Waals surface area (Å²) in [5.41, 5.74) is 1.49. The van der Waals surface area contributed by atoms with E-state index in [0.717, 1.165) is 17.9 Å². The summed E-state index contributed by atoms with van der Waals surface area (Å²) in [5.74, 6) is 0.238. The molecule has 3 aromatic carbocycles. The van der Waals surface area contributed by atoms with Gasteiger partial charge in [-0.15, -0.1) is 0 Å². The number of unbranched alkanes of at least 4 members (excludes halogenated alkanes) is 1. The van der Waals surface area contributed by atoms with Crippen molar-refractivity contribution in [1.29, 1.82) is 0 Å². The Hall–Kier alpha value is -3.45. The standard InChI is InChI=1S/C28H34N4O6S2/c1-3-4-16-29-39(34,35)25-9-7-8-22(21-25)28(33)30-23-12-14-24(15-13-23)40(36,37)32-19-17-31(18-20-32)26-10-5-6-11-27(26)38-2/h5-15,21,29H,3-4,16-20H2,1-2H3,(H,30,33). The number of piperazine rings is 1. The molecule has 214 valence electrons. The van der Waals surface area contributed by atoms with Crippen LogP contribution in [0.25, 0.3) is 0 Å². The number of sulfonamides is 2. The van der Waals surface area contributed by atoms with Gasteiger partial charge in [0.05, 0.1) is 22.6 Å². The summed E-state index contributed by atoms with van der Waals surface area (Å²) in [6, 6.07) is 19.4. The van der Waals surface area contributed by atoms with Crippen molar-refractivity contribution in [2.75, 3.05) is 50.1 Å². The summed E-state index contributed by atoms with van der Waals surface area (Å²) in [4.78, 5) is 15.0. The lowest BCUT2D eigenvalue weighted by Crippen LogP contribution is -2.48. The summed E-state index contributed by atoms with van der Waals surface area (Å²) in [6.45, 7) is 3.98. The minimum Gasteiger partial charge on any atom is -0.495 e. The number of carbonyl (C=O) groups is 1. The van der Waals surface area contributed by atoms with Crippen molar-refractivity contribution in [2.45, 2.75) is 29.6 Å². The molecule has 2 N–H and O–H groups in total. The zero-order chi connectivity index (χ0) is 28.8. The van der Waals surface area contributed by atoms with Gasteiger partial charge in [-0.2, -0.15) is 4.31 Å². The molecule has 1 aliphatic heterocycles. The third-order valence-corrected chi connectivity index (χ3v) is 10.0. The van der Waals surface area contributed by atoms with Crippen LogP contribution in [-0.4, -0.2) is 66.9 Å². The Kier molecular flexibility index (Phi) is 9.46. The molecule has 1 aliphatic rings. The van der Waals surface area contributed by atoms with Crippen molar-refractivity contribution >= 4 is 37.3 Å². The summed E-state index contributed by atoms with van der Waals surface area (Å²) >= 11 is 0. The number of hydrogen-bond donors (Lipinski definition) is 2. The molecule has 1 saturated heterocycles. The SMILES string of the molecule is CCCCNS(=O)(=O)c1cccc(C(=O)Nc2ccc(S(=O)(=O)N3CCN(c4ccccc4OC)CC3)cc2)c1. The van der Waals surface area contributed by atoms with E-state index < -0.39 is 26.0 Å². The molecule has 1 amide bonds. The second kappa shape index (κ2) is 12.8. The van der Waals surface area contributed by atoms with Crippen LogP contribution in [0.2, 0.25) is 0 Å². The van der Waals surface area contributed by atoms with Crippen LogP contribution in [0.5, 0.6) is 5.75 Å². The van der Waals surface area contributed by atoms with Crippen LogP contribution in [0.15, 0.2) is 82.6 Å². The first-order valence-corrected chi connectivity index (χ1v) is 16.0. The van der Waals surface area contributed by atoms with Crippen molar-refractivity contribution in [3.63, 3.8) is 0 Å². The van der Waals surface area contributed by atoms with Crippen molar-refractivity contribution < 1.29 is 26.4 Å².